The number of anilines is 1. The maximum atomic E-state index is 12.0. The standard InChI is InChI=1S/C17H19N5O5S.ClH/c23-12(5-3-6-14(24)25)9-19-15(26)13-10-28-17(21-13)22-16(27)20-8-11-4-1-2-7-18-11;/h1-2,4,7,10H,3,5-6,8-9H2,(H,19,26)(H,24,25)(H2,20,21,22,27);1H. The van der Waals surface area contributed by atoms with Gasteiger partial charge in [-0.25, -0.2) is 9.78 Å². The van der Waals surface area contributed by atoms with Crippen molar-refractivity contribution in [3.05, 3.63) is 41.2 Å². The number of ketones is 1. The van der Waals surface area contributed by atoms with Crippen LogP contribution in [0.2, 0.25) is 0 Å². The Balaban J connectivity index is 0.00000420. The van der Waals surface area contributed by atoms with E-state index in [1.165, 1.54) is 5.38 Å². The van der Waals surface area contributed by atoms with Gasteiger partial charge in [-0.2, -0.15) is 0 Å². The van der Waals surface area contributed by atoms with Gasteiger partial charge in [0.25, 0.3) is 5.91 Å². The molecule has 0 atom stereocenters. The van der Waals surface area contributed by atoms with Crippen molar-refractivity contribution < 1.29 is 24.3 Å². The van der Waals surface area contributed by atoms with E-state index < -0.39 is 17.9 Å². The minimum Gasteiger partial charge on any atom is -0.481 e. The molecular weight excluding hydrogens is 422 g/mol. The van der Waals surface area contributed by atoms with Crippen molar-refractivity contribution in [2.75, 3.05) is 11.9 Å². The Hall–Kier alpha value is -3.05. The molecule has 0 aliphatic heterocycles. The Bertz CT molecular complexity index is 846. The van der Waals surface area contributed by atoms with Gasteiger partial charge in [-0.05, 0) is 18.6 Å². The van der Waals surface area contributed by atoms with E-state index in [1.54, 1.807) is 18.3 Å². The Morgan fingerprint density at radius 1 is 1.10 bits per heavy atom. The SMILES string of the molecule is Cl.O=C(O)CCCC(=O)CNC(=O)c1csc(NC(=O)NCc2ccccn2)n1. The minimum atomic E-state index is -0.969. The van der Waals surface area contributed by atoms with Crippen molar-refractivity contribution in [2.45, 2.75) is 25.8 Å². The summed E-state index contributed by atoms with van der Waals surface area (Å²) in [5, 5.41) is 17.8. The minimum absolute atomic E-state index is 0. The highest BCUT2D eigenvalue weighted by atomic mass is 35.5. The number of carboxylic acids is 1. The third kappa shape index (κ3) is 9.12. The number of nitrogens with one attached hydrogen (secondary N) is 3. The number of amides is 3. The summed E-state index contributed by atoms with van der Waals surface area (Å²) in [6, 6.07) is 4.87. The third-order valence-corrected chi connectivity index (χ3v) is 4.16. The molecule has 10 nitrogen and oxygen atoms in total. The van der Waals surface area contributed by atoms with Crippen LogP contribution >= 0.6 is 23.7 Å². The van der Waals surface area contributed by atoms with Crippen LogP contribution in [0.4, 0.5) is 9.93 Å². The van der Waals surface area contributed by atoms with Gasteiger partial charge in [-0.3, -0.25) is 24.7 Å². The van der Waals surface area contributed by atoms with E-state index in [0.29, 0.717) is 5.69 Å². The fourth-order valence-electron chi connectivity index (χ4n) is 2.04. The van der Waals surface area contributed by atoms with Crippen LogP contribution in [-0.4, -0.2) is 45.3 Å². The average Bonchev–Trinajstić information content (AvgIpc) is 3.13. The van der Waals surface area contributed by atoms with E-state index in [-0.39, 0.29) is 61.4 Å². The summed E-state index contributed by atoms with van der Waals surface area (Å²) < 4.78 is 0. The zero-order valence-corrected chi connectivity index (χ0v) is 16.8. The third-order valence-electron chi connectivity index (χ3n) is 3.41. The van der Waals surface area contributed by atoms with Gasteiger partial charge in [-0.15, -0.1) is 23.7 Å². The van der Waals surface area contributed by atoms with Gasteiger partial charge in [0.05, 0.1) is 18.8 Å². The predicted octanol–water partition coefficient (Wildman–Crippen LogP) is 1.84. The molecule has 0 unspecified atom stereocenters. The molecule has 2 aromatic heterocycles. The number of hydrogen-bond donors (Lipinski definition) is 4. The lowest BCUT2D eigenvalue weighted by Gasteiger charge is -2.04. The molecule has 156 valence electrons. The molecule has 3 amide bonds. The van der Waals surface area contributed by atoms with Crippen molar-refractivity contribution in [2.24, 2.45) is 0 Å². The van der Waals surface area contributed by atoms with Crippen LogP contribution in [0.15, 0.2) is 29.8 Å². The maximum absolute atomic E-state index is 12.0. The largest absolute Gasteiger partial charge is 0.481 e. The summed E-state index contributed by atoms with van der Waals surface area (Å²) in [4.78, 5) is 53.9. The molecule has 0 bridgehead atoms. The molecule has 2 rings (SSSR count). The number of Topliss-reactive ketones (excluding diaryl/α,β-unsaturated/α-hetero) is 1. The summed E-state index contributed by atoms with van der Waals surface area (Å²) >= 11 is 1.07. The first-order valence-electron chi connectivity index (χ1n) is 8.36. The second-order valence-corrected chi connectivity index (χ2v) is 6.49. The van der Waals surface area contributed by atoms with E-state index in [2.05, 4.69) is 25.9 Å². The summed E-state index contributed by atoms with van der Waals surface area (Å²) in [7, 11) is 0. The van der Waals surface area contributed by atoms with Crippen LogP contribution < -0.4 is 16.0 Å². The lowest BCUT2D eigenvalue weighted by Crippen LogP contribution is -2.30. The van der Waals surface area contributed by atoms with Crippen molar-refractivity contribution >= 4 is 52.6 Å². The number of halogens is 1. The molecule has 0 spiro atoms. The topological polar surface area (TPSA) is 150 Å². The number of aliphatic carboxylic acids is 1. The normalized spacial score (nSPS) is 9.79. The second-order valence-electron chi connectivity index (χ2n) is 5.64. The van der Waals surface area contributed by atoms with Gasteiger partial charge < -0.3 is 15.7 Å². The van der Waals surface area contributed by atoms with Crippen LogP contribution in [0, 0.1) is 0 Å². The first-order chi connectivity index (χ1) is 13.4. The fraction of sp³-hybridized carbons (Fsp3) is 0.294. The molecule has 2 heterocycles. The van der Waals surface area contributed by atoms with Crippen molar-refractivity contribution in [1.29, 1.82) is 0 Å². The summed E-state index contributed by atoms with van der Waals surface area (Å²) in [5.74, 6) is -1.79. The molecule has 29 heavy (non-hydrogen) atoms. The number of aromatic nitrogens is 2. The summed E-state index contributed by atoms with van der Waals surface area (Å²) in [6.45, 7) is 0.0404. The molecule has 0 fully saturated rings. The quantitative estimate of drug-likeness (QED) is 0.439. The monoisotopic (exact) mass is 441 g/mol. The van der Waals surface area contributed by atoms with Gasteiger partial charge >= 0.3 is 12.0 Å². The van der Waals surface area contributed by atoms with Gasteiger partial charge in [0, 0.05) is 24.4 Å². The molecule has 0 aliphatic carbocycles. The van der Waals surface area contributed by atoms with Gasteiger partial charge in [0.2, 0.25) is 0 Å². The molecule has 0 aliphatic rings. The first kappa shape index (κ1) is 24.0. The highest BCUT2D eigenvalue weighted by molar-refractivity contribution is 7.14. The summed E-state index contributed by atoms with van der Waals surface area (Å²) in [6.07, 6.45) is 1.83. The fourth-order valence-corrected chi connectivity index (χ4v) is 2.73. The van der Waals surface area contributed by atoms with E-state index >= 15 is 0 Å². The lowest BCUT2D eigenvalue weighted by molar-refractivity contribution is -0.137. The van der Waals surface area contributed by atoms with Crippen LogP contribution in [0.5, 0.6) is 0 Å². The number of urea groups is 1. The van der Waals surface area contributed by atoms with Crippen molar-refractivity contribution in [1.82, 2.24) is 20.6 Å². The molecular formula is C17H20ClN5O5S. The number of carbonyl (C=O) groups excluding carboxylic acids is 3. The lowest BCUT2D eigenvalue weighted by atomic mass is 10.2. The van der Waals surface area contributed by atoms with Gasteiger partial charge in [0.1, 0.15) is 5.69 Å². The Labute approximate surface area is 176 Å². The molecule has 0 radical (unpaired) electrons. The Kier molecular flexibility index (Phi) is 10.3. The second kappa shape index (κ2) is 12.4. The number of rotatable bonds is 10. The number of thiazole rings is 1. The number of carbonyl (C=O) groups is 4. The predicted molar refractivity (Wildman–Crippen MR) is 108 cm³/mol. The first-order valence-corrected chi connectivity index (χ1v) is 9.24. The molecule has 4 N–H and O–H groups in total. The van der Waals surface area contributed by atoms with E-state index in [0.717, 1.165) is 11.3 Å². The highest BCUT2D eigenvalue weighted by Gasteiger charge is 2.13. The highest BCUT2D eigenvalue weighted by Crippen LogP contribution is 2.15. The number of pyridine rings is 1. The smallest absolute Gasteiger partial charge is 0.321 e. The van der Waals surface area contributed by atoms with E-state index in [9.17, 15) is 19.2 Å². The van der Waals surface area contributed by atoms with E-state index in [1.807, 2.05) is 6.07 Å². The molecule has 2 aromatic rings. The number of nitrogens with zero attached hydrogens (tertiary/aromatic N) is 2. The van der Waals surface area contributed by atoms with Crippen LogP contribution in [0.3, 0.4) is 0 Å². The maximum Gasteiger partial charge on any atom is 0.321 e. The molecule has 12 heteroatoms. The van der Waals surface area contributed by atoms with Crippen LogP contribution in [0.25, 0.3) is 0 Å². The van der Waals surface area contributed by atoms with Gasteiger partial charge in [0.15, 0.2) is 10.9 Å². The van der Waals surface area contributed by atoms with Crippen molar-refractivity contribution in [3.8, 4) is 0 Å². The summed E-state index contributed by atoms with van der Waals surface area (Å²) in [5.41, 5.74) is 0.772. The van der Waals surface area contributed by atoms with Crippen LogP contribution in [0.1, 0.15) is 35.4 Å². The number of carboxylic acid groups (broad SMARTS) is 1. The van der Waals surface area contributed by atoms with Gasteiger partial charge in [-0.1, -0.05) is 6.07 Å². The molecule has 0 saturated carbocycles. The Morgan fingerprint density at radius 2 is 1.90 bits per heavy atom. The zero-order chi connectivity index (χ0) is 20.4. The average molecular weight is 442 g/mol. The molecule has 0 aromatic carbocycles. The van der Waals surface area contributed by atoms with Crippen molar-refractivity contribution in [3.63, 3.8) is 0 Å². The molecule has 0 saturated heterocycles. The Morgan fingerprint density at radius 3 is 2.59 bits per heavy atom. The van der Waals surface area contributed by atoms with E-state index in [4.69, 9.17) is 5.11 Å². The van der Waals surface area contributed by atoms with Crippen LogP contribution in [-0.2, 0) is 16.1 Å². The zero-order valence-electron chi connectivity index (χ0n) is 15.2. The number of hydrogen-bond acceptors (Lipinski definition) is 7.